The highest BCUT2D eigenvalue weighted by atomic mass is 32.2. The van der Waals surface area contributed by atoms with Gasteiger partial charge in [-0.15, -0.1) is 0 Å². The van der Waals surface area contributed by atoms with Crippen molar-refractivity contribution in [1.82, 2.24) is 0 Å². The molecule has 0 amide bonds. The first kappa shape index (κ1) is 20.4. The Morgan fingerprint density at radius 2 is 1.91 bits per heavy atom. The van der Waals surface area contributed by atoms with Gasteiger partial charge in [-0.1, -0.05) is 0 Å². The van der Waals surface area contributed by atoms with Crippen LogP contribution in [-0.4, -0.2) is 60.1 Å². The summed E-state index contributed by atoms with van der Waals surface area (Å²) < 4.78 is 54.9. The Labute approximate surface area is 182 Å². The van der Waals surface area contributed by atoms with Crippen LogP contribution in [0.15, 0.2) is 0 Å². The molecule has 11 nitrogen and oxygen atoms in total. The van der Waals surface area contributed by atoms with Gasteiger partial charge >= 0.3 is 23.9 Å². The van der Waals surface area contributed by atoms with Crippen LogP contribution in [0.3, 0.4) is 0 Å². The summed E-state index contributed by atoms with van der Waals surface area (Å²) in [6.07, 6.45) is 0.550. The molecule has 1 N–H and O–H groups in total. The monoisotopic (exact) mass is 470 g/mol. The van der Waals surface area contributed by atoms with Crippen molar-refractivity contribution in [3.63, 3.8) is 0 Å². The maximum absolute atomic E-state index is 12.8. The maximum Gasteiger partial charge on any atom is 0.330 e. The van der Waals surface area contributed by atoms with Crippen molar-refractivity contribution in [2.45, 2.75) is 61.8 Å². The molecule has 6 aliphatic rings. The summed E-state index contributed by atoms with van der Waals surface area (Å²) in [5.74, 6) is -5.57. The minimum Gasteiger partial charge on any atom is -0.458 e. The molecule has 4 aliphatic carbocycles. The largest absolute Gasteiger partial charge is 0.458 e. The summed E-state index contributed by atoms with van der Waals surface area (Å²) in [5, 5.41) is -2.21. The number of esters is 4. The summed E-state index contributed by atoms with van der Waals surface area (Å²) in [6, 6.07) is 0. The molecule has 4 saturated carbocycles. The first-order chi connectivity index (χ1) is 15.1. The maximum atomic E-state index is 12.8. The van der Waals surface area contributed by atoms with Crippen molar-refractivity contribution in [2.75, 3.05) is 0 Å². The van der Waals surface area contributed by atoms with Gasteiger partial charge in [0.1, 0.15) is 12.2 Å². The lowest BCUT2D eigenvalue weighted by Gasteiger charge is -2.31. The fourth-order valence-corrected chi connectivity index (χ4v) is 7.71. The second kappa shape index (κ2) is 6.43. The van der Waals surface area contributed by atoms with Gasteiger partial charge in [-0.3, -0.25) is 23.7 Å². The number of carbonyl (C=O) groups is 4. The van der Waals surface area contributed by atoms with Crippen LogP contribution in [0.2, 0.25) is 0 Å². The molecule has 6 rings (SSSR count). The lowest BCUT2D eigenvalue weighted by Crippen LogP contribution is -2.45. The molecule has 0 aromatic rings. The van der Waals surface area contributed by atoms with Crippen molar-refractivity contribution >= 4 is 34.0 Å². The average molecular weight is 470 g/mol. The Kier molecular flexibility index (Phi) is 4.10. The van der Waals surface area contributed by atoms with E-state index in [1.165, 1.54) is 0 Å². The molecule has 0 radical (unpaired) electrons. The molecule has 0 aromatic heterocycles. The Morgan fingerprint density at radius 3 is 2.62 bits per heavy atom. The molecule has 6 fully saturated rings. The number of ether oxygens (including phenoxy) is 4. The van der Waals surface area contributed by atoms with E-state index in [1.54, 1.807) is 0 Å². The van der Waals surface area contributed by atoms with Gasteiger partial charge in [0.25, 0.3) is 15.9 Å². The summed E-state index contributed by atoms with van der Waals surface area (Å²) >= 11 is 0. The zero-order valence-corrected chi connectivity index (χ0v) is 17.7. The van der Waals surface area contributed by atoms with Crippen LogP contribution in [0.1, 0.15) is 38.5 Å². The zero-order valence-electron chi connectivity index (χ0n) is 16.9. The number of fused-ring (bicyclic) bond motifs is 2. The van der Waals surface area contributed by atoms with Gasteiger partial charge in [-0.05, 0) is 31.6 Å². The zero-order chi connectivity index (χ0) is 22.6. The Balaban J connectivity index is 1.15. The summed E-state index contributed by atoms with van der Waals surface area (Å²) in [4.78, 5) is 49.2. The number of rotatable bonds is 6. The number of hydrogen-bond acceptors (Lipinski definition) is 10. The summed E-state index contributed by atoms with van der Waals surface area (Å²) in [5.41, 5.74) is 0. The fourth-order valence-electron chi connectivity index (χ4n) is 7.07. The predicted octanol–water partition coefficient (Wildman–Crippen LogP) is -0.0315. The van der Waals surface area contributed by atoms with Gasteiger partial charge in [-0.25, -0.2) is 0 Å². The van der Waals surface area contributed by atoms with Crippen LogP contribution in [0.5, 0.6) is 0 Å². The minimum atomic E-state index is -5.01. The van der Waals surface area contributed by atoms with E-state index in [1.807, 2.05) is 0 Å². The van der Waals surface area contributed by atoms with E-state index in [0.717, 1.165) is 0 Å². The van der Waals surface area contributed by atoms with Crippen LogP contribution >= 0.6 is 0 Å². The third kappa shape index (κ3) is 2.77. The predicted molar refractivity (Wildman–Crippen MR) is 98.7 cm³/mol. The first-order valence-electron chi connectivity index (χ1n) is 10.9. The van der Waals surface area contributed by atoms with E-state index in [4.69, 9.17) is 18.9 Å². The van der Waals surface area contributed by atoms with E-state index in [-0.39, 0.29) is 47.9 Å². The molecule has 2 aliphatic heterocycles. The van der Waals surface area contributed by atoms with E-state index in [2.05, 4.69) is 0 Å². The molecule has 174 valence electrons. The number of carbonyl (C=O) groups excluding carboxylic acids is 4. The molecule has 2 saturated heterocycles. The fraction of sp³-hybridized carbons (Fsp3) is 0.800. The highest BCUT2D eigenvalue weighted by Gasteiger charge is 2.69. The SMILES string of the molecule is O=C(CC(C(=O)OC12CC3CC(C(=O)O1)C2C3)S(=O)(=O)O)OC1C2CC3C(=O)OC1C3C2. The summed E-state index contributed by atoms with van der Waals surface area (Å²) in [7, 11) is -5.01. The van der Waals surface area contributed by atoms with Crippen LogP contribution in [0.25, 0.3) is 0 Å². The minimum absolute atomic E-state index is 0.0190. The molecule has 10 unspecified atom stereocenters. The smallest absolute Gasteiger partial charge is 0.330 e. The van der Waals surface area contributed by atoms with E-state index >= 15 is 0 Å². The van der Waals surface area contributed by atoms with Gasteiger partial charge in [0.2, 0.25) is 0 Å². The van der Waals surface area contributed by atoms with E-state index in [0.29, 0.717) is 25.7 Å². The molecule has 12 heteroatoms. The highest BCUT2D eigenvalue weighted by molar-refractivity contribution is 7.87. The quantitative estimate of drug-likeness (QED) is 0.315. The number of hydrogen-bond donors (Lipinski definition) is 1. The second-order valence-corrected chi connectivity index (χ2v) is 11.6. The van der Waals surface area contributed by atoms with Gasteiger partial charge in [0.05, 0.1) is 24.2 Å². The molecule has 10 atom stereocenters. The van der Waals surface area contributed by atoms with Crippen LogP contribution in [0, 0.1) is 35.5 Å². The lowest BCUT2D eigenvalue weighted by molar-refractivity contribution is -0.222. The van der Waals surface area contributed by atoms with Gasteiger partial charge in [-0.2, -0.15) is 8.42 Å². The molecule has 4 bridgehead atoms. The standard InChI is InChI=1S/C20H22O11S/c21-14(28-15-8-3-9-10(4-8)17(22)29-16(9)15)5-13(32(25,26)27)19(24)31-20-6-7-1-11(12(20)2-7)18(23)30-20/h7-13,15-16H,1-6H2,(H,25,26,27). The second-order valence-electron chi connectivity index (χ2n) is 9.97. The Hall–Kier alpha value is -2.21. The Morgan fingerprint density at radius 1 is 1.12 bits per heavy atom. The van der Waals surface area contributed by atoms with Crippen LogP contribution < -0.4 is 0 Å². The van der Waals surface area contributed by atoms with Gasteiger partial charge < -0.3 is 18.9 Å². The van der Waals surface area contributed by atoms with Gasteiger partial charge in [0, 0.05) is 18.3 Å². The normalized spacial score (nSPS) is 45.7. The Bertz CT molecular complexity index is 1040. The third-order valence-corrected chi connectivity index (χ3v) is 9.38. The summed E-state index contributed by atoms with van der Waals surface area (Å²) in [6.45, 7) is 0. The molecule has 0 spiro atoms. The molecule has 0 aromatic carbocycles. The molecule has 32 heavy (non-hydrogen) atoms. The van der Waals surface area contributed by atoms with Crippen molar-refractivity contribution in [3.8, 4) is 0 Å². The van der Waals surface area contributed by atoms with Crippen molar-refractivity contribution < 1.29 is 51.1 Å². The van der Waals surface area contributed by atoms with E-state index < -0.39 is 57.7 Å². The molecular weight excluding hydrogens is 448 g/mol. The molecular formula is C20H22O11S. The highest BCUT2D eigenvalue weighted by Crippen LogP contribution is 2.61. The lowest BCUT2D eigenvalue weighted by atomic mass is 9.87. The topological polar surface area (TPSA) is 160 Å². The van der Waals surface area contributed by atoms with Gasteiger partial charge in [0.15, 0.2) is 5.25 Å². The first-order valence-corrected chi connectivity index (χ1v) is 12.4. The molecule has 2 heterocycles. The van der Waals surface area contributed by atoms with Crippen LogP contribution in [-0.2, 0) is 48.2 Å². The average Bonchev–Trinajstić information content (AvgIpc) is 3.47. The van der Waals surface area contributed by atoms with Crippen molar-refractivity contribution in [3.05, 3.63) is 0 Å². The van der Waals surface area contributed by atoms with Crippen molar-refractivity contribution in [1.29, 1.82) is 0 Å². The van der Waals surface area contributed by atoms with E-state index in [9.17, 15) is 32.1 Å². The van der Waals surface area contributed by atoms with Crippen LogP contribution in [0.4, 0.5) is 0 Å². The third-order valence-electron chi connectivity index (χ3n) is 8.30. The van der Waals surface area contributed by atoms with Crippen molar-refractivity contribution in [2.24, 2.45) is 35.5 Å².